The van der Waals surface area contributed by atoms with Gasteiger partial charge in [0.15, 0.2) is 5.82 Å². The Kier molecular flexibility index (Phi) is 2.81. The fraction of sp³-hybridized carbons (Fsp3) is 0.462. The van der Waals surface area contributed by atoms with Crippen LogP contribution in [0.15, 0.2) is 18.2 Å². The van der Waals surface area contributed by atoms with Crippen LogP contribution in [0.5, 0.6) is 0 Å². The minimum atomic E-state index is -0.243. The predicted molar refractivity (Wildman–Crippen MR) is 65.3 cm³/mol. The van der Waals surface area contributed by atoms with Crippen molar-refractivity contribution in [3.8, 4) is 0 Å². The third kappa shape index (κ3) is 2.17. The van der Waals surface area contributed by atoms with Crippen molar-refractivity contribution >= 4 is 11.0 Å². The van der Waals surface area contributed by atoms with E-state index in [0.29, 0.717) is 5.52 Å². The number of aromatic nitrogens is 2. The number of nitrogens with one attached hydrogen (secondary N) is 2. The van der Waals surface area contributed by atoms with Crippen LogP contribution in [0.2, 0.25) is 0 Å². The highest BCUT2D eigenvalue weighted by Crippen LogP contribution is 2.18. The summed E-state index contributed by atoms with van der Waals surface area (Å²) in [6, 6.07) is 5.03. The molecular formula is C13H16FN3. The number of nitrogens with zero attached hydrogens (tertiary/aromatic N) is 1. The molecule has 1 atom stereocenters. The number of imidazole rings is 1. The van der Waals surface area contributed by atoms with E-state index in [0.717, 1.165) is 43.2 Å². The molecule has 1 unspecified atom stereocenters. The molecule has 1 fully saturated rings. The summed E-state index contributed by atoms with van der Waals surface area (Å²) in [6.45, 7) is 2.23. The van der Waals surface area contributed by atoms with Gasteiger partial charge in [-0.3, -0.25) is 0 Å². The van der Waals surface area contributed by atoms with Crippen molar-refractivity contribution in [3.63, 3.8) is 0 Å². The fourth-order valence-electron chi connectivity index (χ4n) is 2.47. The van der Waals surface area contributed by atoms with Crippen molar-refractivity contribution < 1.29 is 4.39 Å². The summed E-state index contributed by atoms with van der Waals surface area (Å²) < 4.78 is 13.4. The van der Waals surface area contributed by atoms with E-state index in [9.17, 15) is 4.39 Å². The Morgan fingerprint density at radius 2 is 2.35 bits per heavy atom. The fourth-order valence-corrected chi connectivity index (χ4v) is 2.47. The molecule has 90 valence electrons. The molecule has 2 N–H and O–H groups in total. The number of hydrogen-bond acceptors (Lipinski definition) is 2. The number of rotatable bonds is 3. The first-order valence-corrected chi connectivity index (χ1v) is 6.17. The van der Waals surface area contributed by atoms with Crippen LogP contribution in [0.25, 0.3) is 11.0 Å². The van der Waals surface area contributed by atoms with Crippen LogP contribution in [0, 0.1) is 11.7 Å². The van der Waals surface area contributed by atoms with Gasteiger partial charge in [-0.2, -0.15) is 0 Å². The van der Waals surface area contributed by atoms with Gasteiger partial charge in [-0.15, -0.1) is 0 Å². The SMILES string of the molecule is Fc1cccc2[nH]c(CCC3CCNC3)nc12. The van der Waals surface area contributed by atoms with Gasteiger partial charge in [0.05, 0.1) is 5.52 Å². The van der Waals surface area contributed by atoms with Crippen molar-refractivity contribution in [2.24, 2.45) is 5.92 Å². The molecule has 2 aromatic rings. The maximum absolute atomic E-state index is 13.4. The van der Waals surface area contributed by atoms with E-state index < -0.39 is 0 Å². The summed E-state index contributed by atoms with van der Waals surface area (Å²) in [6.07, 6.45) is 3.27. The first-order chi connectivity index (χ1) is 8.33. The lowest BCUT2D eigenvalue weighted by molar-refractivity contribution is 0.526. The average molecular weight is 233 g/mol. The first kappa shape index (κ1) is 10.7. The summed E-state index contributed by atoms with van der Waals surface area (Å²) in [7, 11) is 0. The Morgan fingerprint density at radius 1 is 1.41 bits per heavy atom. The second kappa shape index (κ2) is 4.45. The van der Waals surface area contributed by atoms with Gasteiger partial charge >= 0.3 is 0 Å². The van der Waals surface area contributed by atoms with Crippen LogP contribution in [0.3, 0.4) is 0 Å². The second-order valence-electron chi connectivity index (χ2n) is 4.72. The van der Waals surface area contributed by atoms with E-state index in [2.05, 4.69) is 15.3 Å². The molecule has 3 rings (SSSR count). The summed E-state index contributed by atoms with van der Waals surface area (Å²) in [5.41, 5.74) is 1.26. The Balaban J connectivity index is 1.74. The number of aryl methyl sites for hydroxylation is 1. The monoisotopic (exact) mass is 233 g/mol. The molecule has 17 heavy (non-hydrogen) atoms. The summed E-state index contributed by atoms with van der Waals surface area (Å²) >= 11 is 0. The molecule has 1 saturated heterocycles. The highest BCUT2D eigenvalue weighted by molar-refractivity contribution is 5.75. The second-order valence-corrected chi connectivity index (χ2v) is 4.72. The molecule has 4 heteroatoms. The molecule has 1 aromatic heterocycles. The molecule has 1 aliphatic rings. The lowest BCUT2D eigenvalue weighted by Crippen LogP contribution is -2.09. The predicted octanol–water partition coefficient (Wildman–Crippen LogP) is 2.24. The average Bonchev–Trinajstić information content (AvgIpc) is 2.95. The first-order valence-electron chi connectivity index (χ1n) is 6.17. The molecule has 3 nitrogen and oxygen atoms in total. The van der Waals surface area contributed by atoms with E-state index in [-0.39, 0.29) is 5.82 Å². The molecule has 0 saturated carbocycles. The zero-order valence-corrected chi connectivity index (χ0v) is 9.67. The van der Waals surface area contributed by atoms with Gasteiger partial charge in [0.2, 0.25) is 0 Å². The Hall–Kier alpha value is -1.42. The van der Waals surface area contributed by atoms with Crippen LogP contribution < -0.4 is 5.32 Å². The maximum atomic E-state index is 13.4. The minimum absolute atomic E-state index is 0.243. The van der Waals surface area contributed by atoms with Crippen LogP contribution in [-0.2, 0) is 6.42 Å². The number of para-hydroxylation sites is 1. The molecule has 1 aromatic carbocycles. The van der Waals surface area contributed by atoms with E-state index in [1.165, 1.54) is 12.5 Å². The minimum Gasteiger partial charge on any atom is -0.342 e. The van der Waals surface area contributed by atoms with Gasteiger partial charge in [0.25, 0.3) is 0 Å². The Morgan fingerprint density at radius 3 is 3.12 bits per heavy atom. The molecule has 1 aliphatic heterocycles. The van der Waals surface area contributed by atoms with Crippen LogP contribution >= 0.6 is 0 Å². The van der Waals surface area contributed by atoms with Crippen molar-refractivity contribution in [2.45, 2.75) is 19.3 Å². The number of aromatic amines is 1. The van der Waals surface area contributed by atoms with E-state index in [1.807, 2.05) is 6.07 Å². The largest absolute Gasteiger partial charge is 0.342 e. The zero-order chi connectivity index (χ0) is 11.7. The van der Waals surface area contributed by atoms with Gasteiger partial charge in [0.1, 0.15) is 11.3 Å². The van der Waals surface area contributed by atoms with Gasteiger partial charge in [-0.1, -0.05) is 6.07 Å². The van der Waals surface area contributed by atoms with Gasteiger partial charge in [0, 0.05) is 6.42 Å². The van der Waals surface area contributed by atoms with Gasteiger partial charge < -0.3 is 10.3 Å². The van der Waals surface area contributed by atoms with Crippen molar-refractivity contribution in [3.05, 3.63) is 29.8 Å². The number of H-pyrrole nitrogens is 1. The highest BCUT2D eigenvalue weighted by Gasteiger charge is 2.15. The molecule has 0 radical (unpaired) electrons. The Bertz CT molecular complexity index is 514. The standard InChI is InChI=1S/C13H16FN3/c14-10-2-1-3-11-13(10)17-12(16-11)5-4-9-6-7-15-8-9/h1-3,9,15H,4-8H2,(H,16,17). The number of fused-ring (bicyclic) bond motifs is 1. The molecular weight excluding hydrogens is 217 g/mol. The lowest BCUT2D eigenvalue weighted by Gasteiger charge is -2.05. The molecule has 0 bridgehead atoms. The molecule has 0 amide bonds. The summed E-state index contributed by atoms with van der Waals surface area (Å²) in [5.74, 6) is 1.40. The van der Waals surface area contributed by atoms with E-state index in [1.54, 1.807) is 6.07 Å². The third-order valence-electron chi connectivity index (χ3n) is 3.46. The van der Waals surface area contributed by atoms with E-state index in [4.69, 9.17) is 0 Å². The van der Waals surface area contributed by atoms with E-state index >= 15 is 0 Å². The molecule has 0 aliphatic carbocycles. The topological polar surface area (TPSA) is 40.7 Å². The summed E-state index contributed by atoms with van der Waals surface area (Å²) in [4.78, 5) is 7.51. The maximum Gasteiger partial charge on any atom is 0.151 e. The summed E-state index contributed by atoms with van der Waals surface area (Å²) in [5, 5.41) is 3.35. The highest BCUT2D eigenvalue weighted by atomic mass is 19.1. The van der Waals surface area contributed by atoms with Crippen molar-refractivity contribution in [1.82, 2.24) is 15.3 Å². The van der Waals surface area contributed by atoms with Crippen molar-refractivity contribution in [2.75, 3.05) is 13.1 Å². The van der Waals surface area contributed by atoms with Crippen LogP contribution in [0.1, 0.15) is 18.7 Å². The third-order valence-corrected chi connectivity index (χ3v) is 3.46. The zero-order valence-electron chi connectivity index (χ0n) is 9.67. The smallest absolute Gasteiger partial charge is 0.151 e. The number of benzene rings is 1. The van der Waals surface area contributed by atoms with Crippen LogP contribution in [0.4, 0.5) is 4.39 Å². The van der Waals surface area contributed by atoms with Crippen LogP contribution in [-0.4, -0.2) is 23.1 Å². The quantitative estimate of drug-likeness (QED) is 0.853. The number of hydrogen-bond donors (Lipinski definition) is 2. The molecule has 2 heterocycles. The Labute approximate surface area is 99.4 Å². The molecule has 0 spiro atoms. The lowest BCUT2D eigenvalue weighted by atomic mass is 10.0. The normalized spacial score (nSPS) is 20.2. The van der Waals surface area contributed by atoms with Crippen molar-refractivity contribution in [1.29, 1.82) is 0 Å². The van der Waals surface area contributed by atoms with Gasteiger partial charge in [-0.25, -0.2) is 9.37 Å². The number of halogens is 1. The van der Waals surface area contributed by atoms with Gasteiger partial charge in [-0.05, 0) is 44.0 Å².